The Bertz CT molecular complexity index is 494. The molecule has 0 spiro atoms. The summed E-state index contributed by atoms with van der Waals surface area (Å²) in [6.07, 6.45) is 4.75. The van der Waals surface area contributed by atoms with Crippen LogP contribution in [0.4, 0.5) is 0 Å². The zero-order valence-electron chi connectivity index (χ0n) is 13.0. The zero-order valence-corrected chi connectivity index (χ0v) is 13.0. The first kappa shape index (κ1) is 14.6. The van der Waals surface area contributed by atoms with E-state index in [1.807, 2.05) is 11.0 Å². The third kappa shape index (κ3) is 3.46. The molecule has 3 rings (SSSR count). The summed E-state index contributed by atoms with van der Waals surface area (Å²) in [5, 5.41) is 3.40. The fourth-order valence-corrected chi connectivity index (χ4v) is 3.64. The molecule has 1 atom stereocenters. The molecule has 0 aromatic heterocycles. The van der Waals surface area contributed by atoms with Crippen molar-refractivity contribution in [1.29, 1.82) is 0 Å². The van der Waals surface area contributed by atoms with Crippen LogP contribution >= 0.6 is 0 Å². The van der Waals surface area contributed by atoms with Crippen molar-refractivity contribution >= 4 is 5.91 Å². The Morgan fingerprint density at radius 2 is 2.05 bits per heavy atom. The van der Waals surface area contributed by atoms with Gasteiger partial charge in [-0.3, -0.25) is 4.79 Å². The van der Waals surface area contributed by atoms with Gasteiger partial charge in [0.25, 0.3) is 5.91 Å². The van der Waals surface area contributed by atoms with Crippen molar-refractivity contribution in [2.45, 2.75) is 38.5 Å². The standard InChI is InChI=1S/C18H26N2O/c1-14-4-3-11-20(13-14)18(21)17-6-2-5-16(12-17)15-7-9-19-10-8-15/h2,5-6,12,14-15,19H,3-4,7-11,13H2,1H3. The predicted molar refractivity (Wildman–Crippen MR) is 85.6 cm³/mol. The normalized spacial score (nSPS) is 24.0. The van der Waals surface area contributed by atoms with Gasteiger partial charge in [-0.25, -0.2) is 0 Å². The molecule has 2 aliphatic heterocycles. The Kier molecular flexibility index (Phi) is 4.59. The highest BCUT2D eigenvalue weighted by Crippen LogP contribution is 2.26. The largest absolute Gasteiger partial charge is 0.338 e. The van der Waals surface area contributed by atoms with E-state index in [1.165, 1.54) is 24.8 Å². The third-order valence-corrected chi connectivity index (χ3v) is 4.89. The molecule has 2 saturated heterocycles. The molecule has 0 saturated carbocycles. The highest BCUT2D eigenvalue weighted by Gasteiger charge is 2.23. The van der Waals surface area contributed by atoms with Crippen LogP contribution in [0.3, 0.4) is 0 Å². The first-order chi connectivity index (χ1) is 10.2. The molecule has 1 N–H and O–H groups in total. The number of carbonyl (C=O) groups is 1. The molecular formula is C18H26N2O. The molecule has 0 aliphatic carbocycles. The number of likely N-dealkylation sites (tertiary alicyclic amines) is 1. The van der Waals surface area contributed by atoms with E-state index in [0.29, 0.717) is 11.8 Å². The molecular weight excluding hydrogens is 260 g/mol. The van der Waals surface area contributed by atoms with Crippen LogP contribution in [0.1, 0.15) is 54.4 Å². The van der Waals surface area contributed by atoms with Gasteiger partial charge >= 0.3 is 0 Å². The molecule has 3 heteroatoms. The molecule has 114 valence electrons. The first-order valence-corrected chi connectivity index (χ1v) is 8.34. The van der Waals surface area contributed by atoms with Crippen LogP contribution in [-0.2, 0) is 0 Å². The van der Waals surface area contributed by atoms with Crippen molar-refractivity contribution in [1.82, 2.24) is 10.2 Å². The quantitative estimate of drug-likeness (QED) is 0.906. The summed E-state index contributed by atoms with van der Waals surface area (Å²) in [5.74, 6) is 1.46. The Labute approximate surface area is 127 Å². The SMILES string of the molecule is CC1CCCN(C(=O)c2cccc(C3CCNCC3)c2)C1. The van der Waals surface area contributed by atoms with E-state index in [4.69, 9.17) is 0 Å². The summed E-state index contributed by atoms with van der Waals surface area (Å²) in [7, 11) is 0. The lowest BCUT2D eigenvalue weighted by atomic mass is 9.89. The van der Waals surface area contributed by atoms with Gasteiger partial charge in [0.05, 0.1) is 0 Å². The summed E-state index contributed by atoms with van der Waals surface area (Å²) < 4.78 is 0. The van der Waals surface area contributed by atoms with Gasteiger partial charge in [-0.2, -0.15) is 0 Å². The number of piperidine rings is 2. The second-order valence-electron chi connectivity index (χ2n) is 6.65. The summed E-state index contributed by atoms with van der Waals surface area (Å²) in [6, 6.07) is 8.35. The Hall–Kier alpha value is -1.35. The average molecular weight is 286 g/mol. The van der Waals surface area contributed by atoms with Crippen LogP contribution < -0.4 is 5.32 Å². The van der Waals surface area contributed by atoms with E-state index in [-0.39, 0.29) is 5.91 Å². The van der Waals surface area contributed by atoms with E-state index in [9.17, 15) is 4.79 Å². The van der Waals surface area contributed by atoms with Crippen molar-refractivity contribution < 1.29 is 4.79 Å². The minimum atomic E-state index is 0.220. The van der Waals surface area contributed by atoms with Gasteiger partial charge in [-0.05, 0) is 68.3 Å². The van der Waals surface area contributed by atoms with Gasteiger partial charge in [-0.15, -0.1) is 0 Å². The maximum Gasteiger partial charge on any atom is 0.253 e. The second kappa shape index (κ2) is 6.61. The molecule has 3 nitrogen and oxygen atoms in total. The topological polar surface area (TPSA) is 32.3 Å². The minimum Gasteiger partial charge on any atom is -0.338 e. The number of hydrogen-bond donors (Lipinski definition) is 1. The second-order valence-corrected chi connectivity index (χ2v) is 6.65. The smallest absolute Gasteiger partial charge is 0.253 e. The third-order valence-electron chi connectivity index (χ3n) is 4.89. The highest BCUT2D eigenvalue weighted by atomic mass is 16.2. The van der Waals surface area contributed by atoms with Crippen LogP contribution in [0.25, 0.3) is 0 Å². The van der Waals surface area contributed by atoms with E-state index in [2.05, 4.69) is 30.4 Å². The number of benzene rings is 1. The molecule has 2 heterocycles. The van der Waals surface area contributed by atoms with E-state index in [1.54, 1.807) is 0 Å². The Morgan fingerprint density at radius 1 is 1.24 bits per heavy atom. The predicted octanol–water partition coefficient (Wildman–Crippen LogP) is 3.03. The number of rotatable bonds is 2. The maximum atomic E-state index is 12.7. The van der Waals surface area contributed by atoms with E-state index in [0.717, 1.165) is 38.2 Å². The molecule has 2 aliphatic rings. The number of amides is 1. The summed E-state index contributed by atoms with van der Waals surface area (Å²) >= 11 is 0. The van der Waals surface area contributed by atoms with Crippen molar-refractivity contribution in [3.05, 3.63) is 35.4 Å². The molecule has 1 aromatic carbocycles. The number of nitrogens with one attached hydrogen (secondary N) is 1. The Balaban J connectivity index is 1.74. The highest BCUT2D eigenvalue weighted by molar-refractivity contribution is 5.94. The summed E-state index contributed by atoms with van der Waals surface area (Å²) in [4.78, 5) is 14.7. The lowest BCUT2D eigenvalue weighted by molar-refractivity contribution is 0.0683. The number of nitrogens with zero attached hydrogens (tertiary/aromatic N) is 1. The van der Waals surface area contributed by atoms with Crippen molar-refractivity contribution in [2.24, 2.45) is 5.92 Å². The number of hydrogen-bond acceptors (Lipinski definition) is 2. The summed E-state index contributed by atoms with van der Waals surface area (Å²) in [5.41, 5.74) is 2.22. The molecule has 1 unspecified atom stereocenters. The van der Waals surface area contributed by atoms with Gasteiger partial charge in [0.15, 0.2) is 0 Å². The summed E-state index contributed by atoms with van der Waals surface area (Å²) in [6.45, 7) is 6.25. The van der Waals surface area contributed by atoms with Crippen LogP contribution in [-0.4, -0.2) is 37.0 Å². The van der Waals surface area contributed by atoms with Crippen LogP contribution in [0.5, 0.6) is 0 Å². The van der Waals surface area contributed by atoms with Gasteiger partial charge in [0, 0.05) is 18.7 Å². The minimum absolute atomic E-state index is 0.220. The zero-order chi connectivity index (χ0) is 14.7. The molecule has 0 bridgehead atoms. The van der Waals surface area contributed by atoms with Crippen molar-refractivity contribution in [3.8, 4) is 0 Å². The molecule has 1 amide bonds. The number of carbonyl (C=O) groups excluding carboxylic acids is 1. The van der Waals surface area contributed by atoms with Crippen LogP contribution in [0.15, 0.2) is 24.3 Å². The lowest BCUT2D eigenvalue weighted by Gasteiger charge is -2.31. The van der Waals surface area contributed by atoms with Crippen molar-refractivity contribution in [3.63, 3.8) is 0 Å². The van der Waals surface area contributed by atoms with Crippen molar-refractivity contribution in [2.75, 3.05) is 26.2 Å². The molecule has 21 heavy (non-hydrogen) atoms. The monoisotopic (exact) mass is 286 g/mol. The van der Waals surface area contributed by atoms with E-state index >= 15 is 0 Å². The molecule has 2 fully saturated rings. The maximum absolute atomic E-state index is 12.7. The van der Waals surface area contributed by atoms with Gasteiger partial charge in [0.2, 0.25) is 0 Å². The Morgan fingerprint density at radius 3 is 2.81 bits per heavy atom. The van der Waals surface area contributed by atoms with Gasteiger partial charge in [0.1, 0.15) is 0 Å². The molecule has 0 radical (unpaired) electrons. The van der Waals surface area contributed by atoms with E-state index < -0.39 is 0 Å². The first-order valence-electron chi connectivity index (χ1n) is 8.34. The fraction of sp³-hybridized carbons (Fsp3) is 0.611. The lowest BCUT2D eigenvalue weighted by Crippen LogP contribution is -2.39. The van der Waals surface area contributed by atoms with Crippen LogP contribution in [0.2, 0.25) is 0 Å². The van der Waals surface area contributed by atoms with Gasteiger partial charge in [-0.1, -0.05) is 19.1 Å². The average Bonchev–Trinajstić information content (AvgIpc) is 2.55. The van der Waals surface area contributed by atoms with Gasteiger partial charge < -0.3 is 10.2 Å². The fourth-order valence-electron chi connectivity index (χ4n) is 3.64. The van der Waals surface area contributed by atoms with Crippen LogP contribution in [0, 0.1) is 5.92 Å². The molecule has 1 aromatic rings.